The average molecular weight is 246 g/mol. The van der Waals surface area contributed by atoms with Gasteiger partial charge in [-0.3, -0.25) is 0 Å². The maximum absolute atomic E-state index is 5.82. The van der Waals surface area contributed by atoms with Crippen molar-refractivity contribution >= 4 is 10.9 Å². The summed E-state index contributed by atoms with van der Waals surface area (Å²) in [5.41, 5.74) is 2.38. The van der Waals surface area contributed by atoms with Gasteiger partial charge in [0.1, 0.15) is 11.9 Å². The molecule has 1 fully saturated rings. The second-order valence-corrected chi connectivity index (χ2v) is 4.58. The highest BCUT2D eigenvalue weighted by atomic mass is 16.5. The van der Waals surface area contributed by atoms with E-state index in [0.717, 1.165) is 30.8 Å². The largest absolute Gasteiger partial charge is 0.496 e. The van der Waals surface area contributed by atoms with Crippen LogP contribution < -0.4 is 10.1 Å². The van der Waals surface area contributed by atoms with Crippen LogP contribution in [0.3, 0.4) is 0 Å². The number of aryl methyl sites for hydroxylation is 1. The molecule has 0 saturated carbocycles. The summed E-state index contributed by atoms with van der Waals surface area (Å²) in [6.07, 6.45) is 0.126. The fourth-order valence-corrected chi connectivity index (χ4v) is 2.60. The first kappa shape index (κ1) is 11.6. The summed E-state index contributed by atoms with van der Waals surface area (Å²) in [5.74, 6) is 0.915. The average Bonchev–Trinajstić information content (AvgIpc) is 2.77. The van der Waals surface area contributed by atoms with Gasteiger partial charge < -0.3 is 19.4 Å². The van der Waals surface area contributed by atoms with Gasteiger partial charge in [-0.15, -0.1) is 0 Å². The highest BCUT2D eigenvalue weighted by molar-refractivity contribution is 5.87. The normalized spacial score (nSPS) is 20.2. The lowest BCUT2D eigenvalue weighted by Gasteiger charge is -2.24. The molecule has 0 bridgehead atoms. The van der Waals surface area contributed by atoms with Gasteiger partial charge in [-0.05, 0) is 18.2 Å². The zero-order chi connectivity index (χ0) is 12.5. The smallest absolute Gasteiger partial charge is 0.128 e. The predicted molar refractivity (Wildman–Crippen MR) is 71.0 cm³/mol. The van der Waals surface area contributed by atoms with E-state index in [4.69, 9.17) is 9.47 Å². The number of methoxy groups -OCH3 is 1. The topological polar surface area (TPSA) is 35.4 Å². The van der Waals surface area contributed by atoms with Crippen molar-refractivity contribution in [3.05, 3.63) is 30.0 Å². The highest BCUT2D eigenvalue weighted by Gasteiger charge is 2.20. The summed E-state index contributed by atoms with van der Waals surface area (Å²) in [5, 5.41) is 4.51. The third-order valence-electron chi connectivity index (χ3n) is 3.56. The Bertz CT molecular complexity index is 556. The molecule has 1 aliphatic rings. The summed E-state index contributed by atoms with van der Waals surface area (Å²) in [6, 6.07) is 8.29. The van der Waals surface area contributed by atoms with Crippen molar-refractivity contribution < 1.29 is 9.47 Å². The number of fused-ring (bicyclic) bond motifs is 1. The van der Waals surface area contributed by atoms with Gasteiger partial charge in [-0.2, -0.15) is 0 Å². The number of aromatic nitrogens is 1. The fraction of sp³-hybridized carbons (Fsp3) is 0.429. The molecule has 18 heavy (non-hydrogen) atoms. The molecule has 1 unspecified atom stereocenters. The van der Waals surface area contributed by atoms with E-state index in [2.05, 4.69) is 29.1 Å². The van der Waals surface area contributed by atoms with E-state index in [1.54, 1.807) is 7.11 Å². The van der Waals surface area contributed by atoms with Crippen LogP contribution in [-0.2, 0) is 11.8 Å². The van der Waals surface area contributed by atoms with Crippen LogP contribution in [0.5, 0.6) is 5.75 Å². The predicted octanol–water partition coefficient (Wildman–Crippen LogP) is 1.85. The molecule has 1 aliphatic heterocycles. The second kappa shape index (κ2) is 4.63. The van der Waals surface area contributed by atoms with Gasteiger partial charge >= 0.3 is 0 Å². The number of hydrogen-bond donors (Lipinski definition) is 1. The van der Waals surface area contributed by atoms with Crippen molar-refractivity contribution in [2.24, 2.45) is 7.05 Å². The van der Waals surface area contributed by atoms with Gasteiger partial charge in [0.2, 0.25) is 0 Å². The van der Waals surface area contributed by atoms with Crippen LogP contribution in [-0.4, -0.2) is 31.4 Å². The van der Waals surface area contributed by atoms with Gasteiger partial charge in [0, 0.05) is 31.2 Å². The molecule has 0 radical (unpaired) electrons. The third-order valence-corrected chi connectivity index (χ3v) is 3.56. The minimum Gasteiger partial charge on any atom is -0.496 e. The molecule has 0 spiro atoms. The molecule has 3 rings (SSSR count). The lowest BCUT2D eigenvalue weighted by atomic mass is 10.2. The van der Waals surface area contributed by atoms with Crippen LogP contribution in [0.1, 0.15) is 11.8 Å². The Labute approximate surface area is 106 Å². The number of nitrogens with zero attached hydrogens (tertiary/aromatic N) is 1. The lowest BCUT2D eigenvalue weighted by molar-refractivity contribution is 0.0236. The lowest BCUT2D eigenvalue weighted by Crippen LogP contribution is -2.34. The van der Waals surface area contributed by atoms with Crippen LogP contribution >= 0.6 is 0 Å². The van der Waals surface area contributed by atoms with E-state index in [1.807, 2.05) is 12.1 Å². The summed E-state index contributed by atoms with van der Waals surface area (Å²) in [7, 11) is 3.79. The zero-order valence-corrected chi connectivity index (χ0v) is 10.8. The van der Waals surface area contributed by atoms with E-state index < -0.39 is 0 Å². The molecule has 0 amide bonds. The first-order valence-electron chi connectivity index (χ1n) is 6.26. The van der Waals surface area contributed by atoms with E-state index in [0.29, 0.717) is 0 Å². The Morgan fingerprint density at radius 3 is 3.06 bits per heavy atom. The van der Waals surface area contributed by atoms with Crippen LogP contribution in [0, 0.1) is 0 Å². The fourth-order valence-electron chi connectivity index (χ4n) is 2.60. The third kappa shape index (κ3) is 1.78. The number of nitrogens with one attached hydrogen (secondary N) is 1. The minimum absolute atomic E-state index is 0.126. The van der Waals surface area contributed by atoms with Crippen LogP contribution in [0.4, 0.5) is 0 Å². The van der Waals surface area contributed by atoms with E-state index in [-0.39, 0.29) is 6.10 Å². The molecule has 2 heterocycles. The van der Waals surface area contributed by atoms with Crippen molar-refractivity contribution in [2.75, 3.05) is 26.8 Å². The number of rotatable bonds is 2. The molecule has 4 heteroatoms. The standard InChI is InChI=1S/C14H18N2O2/c1-16-11-4-3-5-13(17-2)10(11)8-12(16)14-9-15-6-7-18-14/h3-5,8,14-15H,6-7,9H2,1-2H3. The molecule has 2 aromatic rings. The second-order valence-electron chi connectivity index (χ2n) is 4.58. The van der Waals surface area contributed by atoms with Crippen molar-refractivity contribution in [2.45, 2.75) is 6.10 Å². The van der Waals surface area contributed by atoms with E-state index in [9.17, 15) is 0 Å². The Hall–Kier alpha value is -1.52. The Kier molecular flexibility index (Phi) is 2.97. The Morgan fingerprint density at radius 2 is 2.33 bits per heavy atom. The first-order valence-corrected chi connectivity index (χ1v) is 6.26. The van der Waals surface area contributed by atoms with Crippen molar-refractivity contribution in [3.63, 3.8) is 0 Å². The number of ether oxygens (including phenoxy) is 2. The molecule has 1 aromatic heterocycles. The minimum atomic E-state index is 0.126. The molecule has 1 atom stereocenters. The molecule has 4 nitrogen and oxygen atoms in total. The monoisotopic (exact) mass is 246 g/mol. The summed E-state index contributed by atoms with van der Waals surface area (Å²) < 4.78 is 13.4. The summed E-state index contributed by atoms with van der Waals surface area (Å²) in [6.45, 7) is 2.57. The van der Waals surface area contributed by atoms with E-state index in [1.165, 1.54) is 11.2 Å². The summed E-state index contributed by atoms with van der Waals surface area (Å²) in [4.78, 5) is 0. The first-order chi connectivity index (χ1) is 8.81. The van der Waals surface area contributed by atoms with Crippen LogP contribution in [0.15, 0.2) is 24.3 Å². The van der Waals surface area contributed by atoms with Gasteiger partial charge in [-0.1, -0.05) is 6.07 Å². The number of benzene rings is 1. The van der Waals surface area contributed by atoms with Crippen molar-refractivity contribution in [1.29, 1.82) is 0 Å². The number of hydrogen-bond acceptors (Lipinski definition) is 3. The zero-order valence-electron chi connectivity index (χ0n) is 10.8. The molecule has 1 saturated heterocycles. The van der Waals surface area contributed by atoms with Crippen LogP contribution in [0.25, 0.3) is 10.9 Å². The molecule has 96 valence electrons. The number of morpholine rings is 1. The quantitative estimate of drug-likeness (QED) is 0.878. The van der Waals surface area contributed by atoms with Crippen molar-refractivity contribution in [3.8, 4) is 5.75 Å². The molecule has 0 aliphatic carbocycles. The van der Waals surface area contributed by atoms with Gasteiger partial charge in [0.05, 0.1) is 19.2 Å². The molecular formula is C14H18N2O2. The SMILES string of the molecule is COc1cccc2c1cc(C1CNCCO1)n2C. The maximum Gasteiger partial charge on any atom is 0.128 e. The van der Waals surface area contributed by atoms with Crippen LogP contribution in [0.2, 0.25) is 0 Å². The van der Waals surface area contributed by atoms with Crippen molar-refractivity contribution in [1.82, 2.24) is 9.88 Å². The maximum atomic E-state index is 5.82. The van der Waals surface area contributed by atoms with Gasteiger partial charge in [-0.25, -0.2) is 0 Å². The van der Waals surface area contributed by atoms with Gasteiger partial charge in [0.25, 0.3) is 0 Å². The molecular weight excluding hydrogens is 228 g/mol. The molecule has 1 N–H and O–H groups in total. The van der Waals surface area contributed by atoms with Gasteiger partial charge in [0.15, 0.2) is 0 Å². The highest BCUT2D eigenvalue weighted by Crippen LogP contribution is 2.31. The molecule has 1 aromatic carbocycles. The Balaban J connectivity index is 2.09. The van der Waals surface area contributed by atoms with E-state index >= 15 is 0 Å². The summed E-state index contributed by atoms with van der Waals surface area (Å²) >= 11 is 0. The Morgan fingerprint density at radius 1 is 1.44 bits per heavy atom.